The van der Waals surface area contributed by atoms with Crippen molar-refractivity contribution in [1.82, 2.24) is 14.3 Å². The Morgan fingerprint density at radius 1 is 0.980 bits per heavy atom. The molecule has 0 saturated carbocycles. The molecule has 1 aliphatic rings. The van der Waals surface area contributed by atoms with Gasteiger partial charge in [-0.2, -0.15) is 5.10 Å². The molecule has 0 radical (unpaired) electrons. The largest absolute Gasteiger partial charge is 0.481 e. The fraction of sp³-hybridized carbons (Fsp3) is 0.342. The van der Waals surface area contributed by atoms with E-state index < -0.39 is 37.2 Å². The molecule has 1 aliphatic heterocycles. The lowest BCUT2D eigenvalue weighted by Crippen LogP contribution is -2.36. The average Bonchev–Trinajstić information content (AvgIpc) is 3.68. The number of amides is 1. The fourth-order valence-electron chi connectivity index (χ4n) is 6.11. The van der Waals surface area contributed by atoms with Gasteiger partial charge in [0, 0.05) is 70.3 Å². The summed E-state index contributed by atoms with van der Waals surface area (Å²) in [5, 5.41) is 13.9. The number of rotatable bonds is 14. The number of carbonyl (C=O) groups is 2. The number of nitrogens with zero attached hydrogens (tertiary/aromatic N) is 4. The Morgan fingerprint density at radius 2 is 1.78 bits per heavy atom. The van der Waals surface area contributed by atoms with Crippen LogP contribution in [0.4, 0.5) is 19.0 Å². The van der Waals surface area contributed by atoms with Crippen LogP contribution in [0.2, 0.25) is 25.7 Å². The van der Waals surface area contributed by atoms with Crippen molar-refractivity contribution < 1.29 is 37.3 Å². The Balaban J connectivity index is 1.29. The van der Waals surface area contributed by atoms with Crippen LogP contribution in [-0.2, 0) is 33.9 Å². The Labute approximate surface area is 295 Å². The lowest BCUT2D eigenvalue weighted by molar-refractivity contribution is -0.137. The van der Waals surface area contributed by atoms with E-state index in [0.717, 1.165) is 36.1 Å². The maximum absolute atomic E-state index is 15.8. The summed E-state index contributed by atoms with van der Waals surface area (Å²) in [5.41, 5.74) is 2.52. The molecule has 1 fully saturated rings. The van der Waals surface area contributed by atoms with Gasteiger partial charge in [-0.25, -0.2) is 17.9 Å². The summed E-state index contributed by atoms with van der Waals surface area (Å²) in [6, 6.07) is 16.6. The van der Waals surface area contributed by atoms with Gasteiger partial charge >= 0.3 is 5.97 Å². The maximum atomic E-state index is 15.8. The van der Waals surface area contributed by atoms with Crippen LogP contribution < -0.4 is 9.64 Å². The second kappa shape index (κ2) is 15.2. The van der Waals surface area contributed by atoms with Gasteiger partial charge in [-0.3, -0.25) is 14.5 Å². The van der Waals surface area contributed by atoms with Gasteiger partial charge in [0.15, 0.2) is 17.4 Å². The van der Waals surface area contributed by atoms with E-state index in [1.807, 2.05) is 24.3 Å². The quantitative estimate of drug-likeness (QED) is 0.0914. The van der Waals surface area contributed by atoms with Gasteiger partial charge in [-0.15, -0.1) is 0 Å². The zero-order chi connectivity index (χ0) is 36.3. The number of hydrogen-bond acceptors (Lipinski definition) is 5. The second-order valence-corrected chi connectivity index (χ2v) is 19.7. The Bertz CT molecular complexity index is 2070. The highest BCUT2D eigenvalue weighted by Crippen LogP contribution is 2.36. The molecule has 1 N–H and O–H groups in total. The number of aliphatic carboxylic acids is 1. The summed E-state index contributed by atoms with van der Waals surface area (Å²) < 4.78 is 61.4. The number of ether oxygens (including phenoxy) is 2. The third-order valence-corrected chi connectivity index (χ3v) is 10.6. The zero-order valence-corrected chi connectivity index (χ0v) is 29.9. The van der Waals surface area contributed by atoms with Crippen molar-refractivity contribution >= 4 is 36.7 Å². The summed E-state index contributed by atoms with van der Waals surface area (Å²) in [7, 11) is -1.30. The number of fused-ring (bicyclic) bond motifs is 1. The van der Waals surface area contributed by atoms with Crippen molar-refractivity contribution in [3.8, 4) is 17.2 Å². The van der Waals surface area contributed by atoms with E-state index in [-0.39, 0.29) is 35.9 Å². The van der Waals surface area contributed by atoms with Crippen LogP contribution >= 0.6 is 0 Å². The standard InChI is InChI=1S/C38H41F3N4O5Si/c1-51(2,3)18-17-49-24-43-16-14-29-32(43)23-31(40)38(37(29)41)50-28-11-12-30(39)33(22-28)45-34(44-15-5-4-9-35(44)46)21-27(42-45)20-26-8-6-7-25(19-26)10-13-36(47)48/h6-8,11-12,14,16,19,21-23H,4-5,9-10,13,15,17-18,20,24H2,1-3H3,(H,47,48). The topological polar surface area (TPSA) is 98.8 Å². The van der Waals surface area contributed by atoms with E-state index in [1.165, 1.54) is 28.9 Å². The van der Waals surface area contributed by atoms with E-state index in [4.69, 9.17) is 19.7 Å². The van der Waals surface area contributed by atoms with Crippen LogP contribution in [0.1, 0.15) is 42.5 Å². The molecule has 1 amide bonds. The minimum absolute atomic E-state index is 0.000735. The molecule has 2 aromatic heterocycles. The summed E-state index contributed by atoms with van der Waals surface area (Å²) in [6.07, 6.45) is 4.18. The minimum Gasteiger partial charge on any atom is -0.481 e. The maximum Gasteiger partial charge on any atom is 0.303 e. The number of aromatic nitrogens is 3. The molecule has 0 spiro atoms. The van der Waals surface area contributed by atoms with Crippen molar-refractivity contribution in [3.63, 3.8) is 0 Å². The van der Waals surface area contributed by atoms with Gasteiger partial charge < -0.3 is 19.1 Å². The van der Waals surface area contributed by atoms with Gasteiger partial charge in [0.1, 0.15) is 29.8 Å². The molecule has 6 rings (SSSR count). The van der Waals surface area contributed by atoms with Gasteiger partial charge in [-0.05, 0) is 54.6 Å². The Kier molecular flexibility index (Phi) is 10.7. The molecule has 0 atom stereocenters. The highest BCUT2D eigenvalue weighted by molar-refractivity contribution is 6.76. The number of aryl methyl sites for hydroxylation is 1. The molecule has 3 aromatic carbocycles. The second-order valence-electron chi connectivity index (χ2n) is 14.1. The number of carboxylic acid groups (broad SMARTS) is 1. The van der Waals surface area contributed by atoms with E-state index in [9.17, 15) is 9.59 Å². The van der Waals surface area contributed by atoms with Crippen molar-refractivity contribution in [2.45, 2.75) is 70.9 Å². The molecule has 5 aromatic rings. The number of piperidine rings is 1. The van der Waals surface area contributed by atoms with Gasteiger partial charge in [0.05, 0.1) is 11.2 Å². The number of carboxylic acids is 1. The van der Waals surface area contributed by atoms with Crippen molar-refractivity contribution in [1.29, 1.82) is 0 Å². The number of benzene rings is 3. The number of anilines is 1. The molecular formula is C38H41F3N4O5Si. The van der Waals surface area contributed by atoms with Crippen LogP contribution in [0.15, 0.2) is 66.9 Å². The summed E-state index contributed by atoms with van der Waals surface area (Å²) >= 11 is 0. The van der Waals surface area contributed by atoms with Crippen LogP contribution in [-0.4, -0.2) is 52.6 Å². The normalized spacial score (nSPS) is 13.7. The van der Waals surface area contributed by atoms with Crippen LogP contribution in [0.5, 0.6) is 11.5 Å². The molecule has 0 unspecified atom stereocenters. The average molecular weight is 719 g/mol. The van der Waals surface area contributed by atoms with Gasteiger partial charge in [0.2, 0.25) is 5.91 Å². The first-order valence-corrected chi connectivity index (χ1v) is 20.8. The monoisotopic (exact) mass is 718 g/mol. The lowest BCUT2D eigenvalue weighted by atomic mass is 10.0. The molecule has 0 aliphatic carbocycles. The minimum atomic E-state index is -1.30. The van der Waals surface area contributed by atoms with E-state index in [1.54, 1.807) is 21.7 Å². The molecule has 51 heavy (non-hydrogen) atoms. The molecule has 1 saturated heterocycles. The molecular weight excluding hydrogens is 678 g/mol. The van der Waals surface area contributed by atoms with E-state index in [2.05, 4.69) is 19.6 Å². The third-order valence-electron chi connectivity index (χ3n) is 8.86. The van der Waals surface area contributed by atoms with Crippen LogP contribution in [0, 0.1) is 17.5 Å². The smallest absolute Gasteiger partial charge is 0.303 e. The Morgan fingerprint density at radius 3 is 2.55 bits per heavy atom. The predicted molar refractivity (Wildman–Crippen MR) is 191 cm³/mol. The number of hydrogen-bond donors (Lipinski definition) is 1. The molecule has 268 valence electrons. The highest BCUT2D eigenvalue weighted by Gasteiger charge is 2.27. The summed E-state index contributed by atoms with van der Waals surface area (Å²) in [6.45, 7) is 7.86. The molecule has 3 heterocycles. The third kappa shape index (κ3) is 8.54. The van der Waals surface area contributed by atoms with Crippen molar-refractivity contribution in [3.05, 3.63) is 101 Å². The van der Waals surface area contributed by atoms with Gasteiger partial charge in [-0.1, -0.05) is 43.9 Å². The molecule has 13 heteroatoms. The van der Waals surface area contributed by atoms with Gasteiger partial charge in [0.25, 0.3) is 0 Å². The summed E-state index contributed by atoms with van der Waals surface area (Å²) in [4.78, 5) is 25.7. The molecule has 9 nitrogen and oxygen atoms in total. The highest BCUT2D eigenvalue weighted by atomic mass is 28.3. The van der Waals surface area contributed by atoms with Crippen LogP contribution in [0.25, 0.3) is 16.6 Å². The molecule has 0 bridgehead atoms. The number of halogens is 3. The van der Waals surface area contributed by atoms with Crippen LogP contribution in [0.3, 0.4) is 0 Å². The van der Waals surface area contributed by atoms with Crippen molar-refractivity contribution in [2.75, 3.05) is 18.1 Å². The summed E-state index contributed by atoms with van der Waals surface area (Å²) in [5.74, 6) is -3.82. The van der Waals surface area contributed by atoms with Crippen molar-refractivity contribution in [2.24, 2.45) is 0 Å². The first-order chi connectivity index (χ1) is 24.4. The first-order valence-electron chi connectivity index (χ1n) is 17.1. The lowest BCUT2D eigenvalue weighted by Gasteiger charge is -2.27. The Hall–Kier alpha value is -4.88. The predicted octanol–water partition coefficient (Wildman–Crippen LogP) is 8.47. The van der Waals surface area contributed by atoms with E-state index >= 15 is 13.2 Å². The first kappa shape index (κ1) is 35.9. The SMILES string of the molecule is C[Si](C)(C)CCOCn1ccc2c(F)c(Oc3ccc(F)c(-n4nc(Cc5cccc(CCC(=O)O)c5)cc4N4CCCCC4=O)c3)c(F)cc21. The van der Waals surface area contributed by atoms with E-state index in [0.29, 0.717) is 49.4 Å². The zero-order valence-electron chi connectivity index (χ0n) is 28.9. The number of carbonyl (C=O) groups excluding carboxylic acids is 1. The fourth-order valence-corrected chi connectivity index (χ4v) is 6.86.